The lowest BCUT2D eigenvalue weighted by Crippen LogP contribution is -2.41. The predicted molar refractivity (Wildman–Crippen MR) is 111 cm³/mol. The van der Waals surface area contributed by atoms with Crippen molar-refractivity contribution in [2.24, 2.45) is 5.92 Å². The summed E-state index contributed by atoms with van der Waals surface area (Å²) in [5, 5.41) is 10.6. The van der Waals surface area contributed by atoms with Crippen molar-refractivity contribution in [2.45, 2.75) is 20.3 Å². The molecule has 2 N–H and O–H groups in total. The standard InChI is InChI=1S/C20H22ClN3O6/c1-12(2)8-9-30-17-7-4-13(10-18(17)29-3)19(25)22-23-20(26)15-6-5-14(24(27)28)11-16(15)21/h4-7,10-12H,8-9H2,1-3H3,(H,22,25)(H,23,26). The van der Waals surface area contributed by atoms with Gasteiger partial charge < -0.3 is 9.47 Å². The van der Waals surface area contributed by atoms with E-state index in [1.54, 1.807) is 6.07 Å². The first-order chi connectivity index (χ1) is 14.2. The van der Waals surface area contributed by atoms with Crippen LogP contribution in [0.5, 0.6) is 11.5 Å². The highest BCUT2D eigenvalue weighted by Gasteiger charge is 2.17. The maximum atomic E-state index is 12.3. The van der Waals surface area contributed by atoms with E-state index in [9.17, 15) is 19.7 Å². The number of carbonyl (C=O) groups is 2. The summed E-state index contributed by atoms with van der Waals surface area (Å²) in [6.07, 6.45) is 0.878. The Labute approximate surface area is 178 Å². The van der Waals surface area contributed by atoms with Gasteiger partial charge in [0.1, 0.15) is 0 Å². The molecule has 0 aliphatic carbocycles. The van der Waals surface area contributed by atoms with Crippen molar-refractivity contribution in [3.05, 3.63) is 62.7 Å². The number of carbonyl (C=O) groups excluding carboxylic acids is 2. The third-order valence-corrected chi connectivity index (χ3v) is 4.39. The van der Waals surface area contributed by atoms with Gasteiger partial charge in [-0.25, -0.2) is 0 Å². The molecule has 0 aliphatic rings. The zero-order valence-electron chi connectivity index (χ0n) is 16.7. The molecule has 10 heteroatoms. The van der Waals surface area contributed by atoms with Gasteiger partial charge in [-0.15, -0.1) is 0 Å². The summed E-state index contributed by atoms with van der Waals surface area (Å²) in [6.45, 7) is 4.70. The summed E-state index contributed by atoms with van der Waals surface area (Å²) < 4.78 is 11.0. The van der Waals surface area contributed by atoms with Crippen LogP contribution in [0.2, 0.25) is 5.02 Å². The first-order valence-corrected chi connectivity index (χ1v) is 9.46. The van der Waals surface area contributed by atoms with Crippen LogP contribution >= 0.6 is 11.6 Å². The minimum atomic E-state index is -0.719. The van der Waals surface area contributed by atoms with Crippen LogP contribution in [0.15, 0.2) is 36.4 Å². The Morgan fingerprint density at radius 2 is 1.80 bits per heavy atom. The van der Waals surface area contributed by atoms with Crippen molar-refractivity contribution >= 4 is 29.1 Å². The maximum Gasteiger partial charge on any atom is 0.271 e. The monoisotopic (exact) mass is 435 g/mol. The summed E-state index contributed by atoms with van der Waals surface area (Å²) in [4.78, 5) is 34.7. The average molecular weight is 436 g/mol. The molecule has 0 saturated heterocycles. The van der Waals surface area contributed by atoms with Gasteiger partial charge >= 0.3 is 0 Å². The second kappa shape index (κ2) is 10.4. The maximum absolute atomic E-state index is 12.3. The van der Waals surface area contributed by atoms with E-state index in [4.69, 9.17) is 21.1 Å². The first kappa shape index (κ1) is 23.0. The predicted octanol–water partition coefficient (Wildman–Crippen LogP) is 3.76. The summed E-state index contributed by atoms with van der Waals surface area (Å²) >= 11 is 5.91. The van der Waals surface area contributed by atoms with Crippen LogP contribution in [-0.2, 0) is 0 Å². The van der Waals surface area contributed by atoms with Gasteiger partial charge in [0.15, 0.2) is 11.5 Å². The lowest BCUT2D eigenvalue weighted by atomic mass is 10.1. The molecule has 9 nitrogen and oxygen atoms in total. The number of hydrogen-bond donors (Lipinski definition) is 2. The van der Waals surface area contributed by atoms with Gasteiger partial charge in [0.2, 0.25) is 0 Å². The quantitative estimate of drug-likeness (QED) is 0.481. The number of ether oxygens (including phenoxy) is 2. The van der Waals surface area contributed by atoms with Crippen molar-refractivity contribution in [2.75, 3.05) is 13.7 Å². The van der Waals surface area contributed by atoms with E-state index in [0.717, 1.165) is 18.6 Å². The highest BCUT2D eigenvalue weighted by atomic mass is 35.5. The zero-order valence-corrected chi connectivity index (χ0v) is 17.5. The number of nitrogens with one attached hydrogen (secondary N) is 2. The molecule has 0 aliphatic heterocycles. The van der Waals surface area contributed by atoms with Gasteiger partial charge in [-0.05, 0) is 36.6 Å². The minimum absolute atomic E-state index is 0.0194. The van der Waals surface area contributed by atoms with E-state index in [1.807, 2.05) is 0 Å². The molecule has 2 amide bonds. The van der Waals surface area contributed by atoms with Gasteiger partial charge in [0, 0.05) is 17.7 Å². The number of nitrogens with zero attached hydrogens (tertiary/aromatic N) is 1. The molecule has 2 rings (SSSR count). The van der Waals surface area contributed by atoms with Crippen LogP contribution in [0.1, 0.15) is 41.0 Å². The molecule has 0 fully saturated rings. The van der Waals surface area contributed by atoms with Crippen molar-refractivity contribution in [3.63, 3.8) is 0 Å². The van der Waals surface area contributed by atoms with Crippen molar-refractivity contribution in [3.8, 4) is 11.5 Å². The molecule has 160 valence electrons. The Hall–Kier alpha value is -3.33. The molecular formula is C20H22ClN3O6. The topological polar surface area (TPSA) is 120 Å². The smallest absolute Gasteiger partial charge is 0.271 e. The molecule has 0 spiro atoms. The number of non-ortho nitro benzene ring substituents is 1. The van der Waals surface area contributed by atoms with Crippen molar-refractivity contribution < 1.29 is 24.0 Å². The van der Waals surface area contributed by atoms with E-state index < -0.39 is 16.7 Å². The van der Waals surface area contributed by atoms with Gasteiger partial charge in [0.25, 0.3) is 17.5 Å². The van der Waals surface area contributed by atoms with E-state index in [1.165, 1.54) is 25.3 Å². The average Bonchev–Trinajstić information content (AvgIpc) is 2.71. The highest BCUT2D eigenvalue weighted by molar-refractivity contribution is 6.34. The number of hydrazine groups is 1. The normalized spacial score (nSPS) is 10.4. The van der Waals surface area contributed by atoms with Crippen LogP contribution in [0.4, 0.5) is 5.69 Å². The molecule has 30 heavy (non-hydrogen) atoms. The van der Waals surface area contributed by atoms with Crippen LogP contribution in [0, 0.1) is 16.0 Å². The number of benzene rings is 2. The minimum Gasteiger partial charge on any atom is -0.493 e. The van der Waals surface area contributed by atoms with Crippen LogP contribution in [-0.4, -0.2) is 30.5 Å². The molecule has 0 unspecified atom stereocenters. The van der Waals surface area contributed by atoms with E-state index >= 15 is 0 Å². The number of nitro benzene ring substituents is 1. The Balaban J connectivity index is 2.02. The van der Waals surface area contributed by atoms with Crippen molar-refractivity contribution in [1.29, 1.82) is 0 Å². The number of nitro groups is 1. The molecule has 0 bridgehead atoms. The Kier molecular flexibility index (Phi) is 7.99. The highest BCUT2D eigenvalue weighted by Crippen LogP contribution is 2.28. The molecule has 0 saturated carbocycles. The molecule has 2 aromatic carbocycles. The largest absolute Gasteiger partial charge is 0.493 e. The van der Waals surface area contributed by atoms with E-state index in [0.29, 0.717) is 24.0 Å². The summed E-state index contributed by atoms with van der Waals surface area (Å²) in [5.41, 5.74) is 4.45. The van der Waals surface area contributed by atoms with E-state index in [2.05, 4.69) is 24.7 Å². The molecule has 0 aromatic heterocycles. The summed E-state index contributed by atoms with van der Waals surface area (Å²) in [6, 6.07) is 8.04. The molecule has 2 aromatic rings. The van der Waals surface area contributed by atoms with Gasteiger partial charge in [-0.2, -0.15) is 0 Å². The number of amides is 2. The number of methoxy groups -OCH3 is 1. The lowest BCUT2D eigenvalue weighted by Gasteiger charge is -2.13. The number of hydrogen-bond acceptors (Lipinski definition) is 6. The first-order valence-electron chi connectivity index (χ1n) is 9.08. The number of halogens is 1. The van der Waals surface area contributed by atoms with Crippen molar-refractivity contribution in [1.82, 2.24) is 10.9 Å². The second-order valence-electron chi connectivity index (χ2n) is 6.73. The fourth-order valence-corrected chi connectivity index (χ4v) is 2.65. The van der Waals surface area contributed by atoms with Crippen LogP contribution in [0.3, 0.4) is 0 Å². The van der Waals surface area contributed by atoms with Crippen LogP contribution in [0.25, 0.3) is 0 Å². The summed E-state index contributed by atoms with van der Waals surface area (Å²) in [7, 11) is 1.46. The van der Waals surface area contributed by atoms with Gasteiger partial charge in [-0.1, -0.05) is 25.4 Å². The van der Waals surface area contributed by atoms with Gasteiger partial charge in [0.05, 0.1) is 29.2 Å². The van der Waals surface area contributed by atoms with E-state index in [-0.39, 0.29) is 21.8 Å². The SMILES string of the molecule is COc1cc(C(=O)NNC(=O)c2ccc([N+](=O)[O-])cc2Cl)ccc1OCCC(C)C. The second-order valence-corrected chi connectivity index (χ2v) is 7.13. The molecular weight excluding hydrogens is 414 g/mol. The zero-order chi connectivity index (χ0) is 22.3. The molecule has 0 heterocycles. The fourth-order valence-electron chi connectivity index (χ4n) is 2.39. The fraction of sp³-hybridized carbons (Fsp3) is 0.300. The Morgan fingerprint density at radius 1 is 1.10 bits per heavy atom. The Morgan fingerprint density at radius 3 is 2.40 bits per heavy atom. The summed E-state index contributed by atoms with van der Waals surface area (Å²) in [5.74, 6) is 0.0822. The lowest BCUT2D eigenvalue weighted by molar-refractivity contribution is -0.384. The Bertz CT molecular complexity index is 948. The molecule has 0 atom stereocenters. The number of rotatable bonds is 8. The third kappa shape index (κ3) is 6.08. The molecule has 0 radical (unpaired) electrons. The van der Waals surface area contributed by atoms with Gasteiger partial charge in [-0.3, -0.25) is 30.6 Å². The third-order valence-electron chi connectivity index (χ3n) is 4.08. The van der Waals surface area contributed by atoms with Crippen LogP contribution < -0.4 is 20.3 Å².